The molecule has 0 radical (unpaired) electrons. The molecule has 0 spiro atoms. The van der Waals surface area contributed by atoms with E-state index in [0.717, 1.165) is 23.7 Å². The van der Waals surface area contributed by atoms with Gasteiger partial charge in [-0.1, -0.05) is 18.2 Å². The molecule has 1 fully saturated rings. The van der Waals surface area contributed by atoms with Crippen molar-refractivity contribution in [3.63, 3.8) is 0 Å². The highest BCUT2D eigenvalue weighted by molar-refractivity contribution is 5.61. The Labute approximate surface area is 177 Å². The predicted molar refractivity (Wildman–Crippen MR) is 109 cm³/mol. The fourth-order valence-corrected chi connectivity index (χ4v) is 4.17. The number of nitrogens with two attached hydrogens (primary N) is 1. The molecule has 31 heavy (non-hydrogen) atoms. The Hall–Kier alpha value is -3.38. The Morgan fingerprint density at radius 3 is 2.77 bits per heavy atom. The molecule has 160 valence electrons. The minimum absolute atomic E-state index is 0.0546. The Balaban J connectivity index is 1.83. The predicted octanol–water partition coefficient (Wildman–Crippen LogP) is 4.27. The van der Waals surface area contributed by atoms with Crippen LogP contribution in [-0.4, -0.2) is 21.1 Å². The lowest BCUT2D eigenvalue weighted by Gasteiger charge is -2.28. The highest BCUT2D eigenvalue weighted by Gasteiger charge is 2.39. The summed E-state index contributed by atoms with van der Waals surface area (Å²) in [4.78, 5) is 10.6. The topological polar surface area (TPSA) is 83.8 Å². The third-order valence-electron chi connectivity index (χ3n) is 5.51. The summed E-state index contributed by atoms with van der Waals surface area (Å²) in [7, 11) is 0. The summed E-state index contributed by atoms with van der Waals surface area (Å²) >= 11 is 0. The normalized spacial score (nSPS) is 16.5. The van der Waals surface area contributed by atoms with Gasteiger partial charge in [-0.15, -0.1) is 0 Å². The number of para-hydroxylation sites is 1. The second kappa shape index (κ2) is 8.04. The van der Waals surface area contributed by atoms with E-state index in [9.17, 15) is 18.4 Å². The maximum absolute atomic E-state index is 13.6. The third kappa shape index (κ3) is 3.75. The van der Waals surface area contributed by atoms with E-state index < -0.39 is 17.3 Å². The fraction of sp³-hybridized carbons (Fsp3) is 0.318. The van der Waals surface area contributed by atoms with Crippen LogP contribution in [0.25, 0.3) is 5.69 Å². The average molecular weight is 426 g/mol. The number of alkyl halides is 3. The van der Waals surface area contributed by atoms with Crippen molar-refractivity contribution in [2.45, 2.75) is 38.5 Å². The summed E-state index contributed by atoms with van der Waals surface area (Å²) in [5.41, 5.74) is 6.50. The van der Waals surface area contributed by atoms with Gasteiger partial charge >= 0.3 is 6.18 Å². The molecule has 1 atom stereocenters. The smallest absolute Gasteiger partial charge is 0.345 e. The van der Waals surface area contributed by atoms with Crippen LogP contribution < -0.4 is 10.6 Å². The van der Waals surface area contributed by atoms with Crippen LogP contribution in [-0.2, 0) is 12.7 Å². The van der Waals surface area contributed by atoms with Gasteiger partial charge in [0.15, 0.2) is 0 Å². The van der Waals surface area contributed by atoms with Crippen LogP contribution in [0, 0.1) is 18.3 Å². The first kappa shape index (κ1) is 20.9. The molecule has 3 heterocycles. The van der Waals surface area contributed by atoms with Crippen molar-refractivity contribution >= 4 is 5.82 Å². The van der Waals surface area contributed by atoms with E-state index in [1.165, 1.54) is 6.92 Å². The second-order valence-electron chi connectivity index (χ2n) is 7.46. The molecule has 0 amide bonds. The van der Waals surface area contributed by atoms with Crippen LogP contribution in [0.3, 0.4) is 0 Å². The van der Waals surface area contributed by atoms with Crippen molar-refractivity contribution in [1.29, 1.82) is 5.26 Å². The maximum atomic E-state index is 13.6. The van der Waals surface area contributed by atoms with Gasteiger partial charge in [0, 0.05) is 31.2 Å². The molecule has 4 rings (SSSR count). The summed E-state index contributed by atoms with van der Waals surface area (Å²) in [6, 6.07) is 10.0. The molecule has 0 aliphatic carbocycles. The third-order valence-corrected chi connectivity index (χ3v) is 5.51. The van der Waals surface area contributed by atoms with Gasteiger partial charge in [0.05, 0.1) is 17.3 Å². The van der Waals surface area contributed by atoms with Gasteiger partial charge < -0.3 is 15.2 Å². The first-order valence-electron chi connectivity index (χ1n) is 9.92. The number of imidazole rings is 1. The molecule has 2 N–H and O–H groups in total. The molecule has 3 aromatic rings. The standard InChI is InChI=1S/C22H21F3N6/c1-14-11-17(22(23,24)25)16(13-27)20(29-14)30-9-4-7-19(30)21-28-8-10-31(21)18-6-3-2-5-15(18)12-26/h2-3,5-6,8,10-11,19H,4,7,9,12,26H2,1H3/t19-/m0/s1. The lowest BCUT2D eigenvalue weighted by Crippen LogP contribution is -2.28. The minimum atomic E-state index is -4.64. The van der Waals surface area contributed by atoms with Crippen LogP contribution in [0.2, 0.25) is 0 Å². The number of pyridine rings is 1. The zero-order valence-electron chi connectivity index (χ0n) is 16.9. The van der Waals surface area contributed by atoms with E-state index in [-0.39, 0.29) is 17.6 Å². The molecule has 2 aromatic heterocycles. The molecular formula is C22H21F3N6. The van der Waals surface area contributed by atoms with Gasteiger partial charge in [-0.3, -0.25) is 0 Å². The average Bonchev–Trinajstić information content (AvgIpc) is 3.41. The number of nitriles is 1. The number of rotatable bonds is 4. The van der Waals surface area contributed by atoms with Gasteiger partial charge in [-0.05, 0) is 37.5 Å². The number of anilines is 1. The first-order chi connectivity index (χ1) is 14.8. The SMILES string of the molecule is Cc1cc(C(F)(F)F)c(C#N)c(N2CCC[C@H]2c2nccn2-c2ccccc2CN)n1. The largest absolute Gasteiger partial charge is 0.417 e. The Morgan fingerprint density at radius 2 is 2.06 bits per heavy atom. The quantitative estimate of drug-likeness (QED) is 0.674. The van der Waals surface area contributed by atoms with Crippen molar-refractivity contribution in [2.24, 2.45) is 5.73 Å². The number of benzene rings is 1. The number of halogens is 3. The Bertz CT molecular complexity index is 1140. The van der Waals surface area contributed by atoms with E-state index in [2.05, 4.69) is 9.97 Å². The maximum Gasteiger partial charge on any atom is 0.417 e. The van der Waals surface area contributed by atoms with E-state index in [1.54, 1.807) is 17.2 Å². The molecule has 1 saturated heterocycles. The van der Waals surface area contributed by atoms with Crippen molar-refractivity contribution in [3.05, 3.63) is 70.9 Å². The van der Waals surface area contributed by atoms with Crippen LogP contribution in [0.5, 0.6) is 0 Å². The van der Waals surface area contributed by atoms with E-state index >= 15 is 0 Å². The summed E-state index contributed by atoms with van der Waals surface area (Å²) in [6.07, 6.45) is 0.272. The zero-order chi connectivity index (χ0) is 22.2. The summed E-state index contributed by atoms with van der Waals surface area (Å²) in [5.74, 6) is 0.734. The van der Waals surface area contributed by atoms with E-state index in [4.69, 9.17) is 5.73 Å². The molecule has 6 nitrogen and oxygen atoms in total. The molecule has 0 saturated carbocycles. The van der Waals surface area contributed by atoms with Gasteiger partial charge in [-0.25, -0.2) is 9.97 Å². The molecule has 9 heteroatoms. The number of hydrogen-bond donors (Lipinski definition) is 1. The number of aryl methyl sites for hydroxylation is 1. The van der Waals surface area contributed by atoms with Gasteiger partial charge in [0.25, 0.3) is 0 Å². The van der Waals surface area contributed by atoms with E-state index in [1.807, 2.05) is 35.0 Å². The highest BCUT2D eigenvalue weighted by Crippen LogP contribution is 2.41. The molecule has 1 aromatic carbocycles. The molecule has 1 aliphatic heterocycles. The highest BCUT2D eigenvalue weighted by atomic mass is 19.4. The molecule has 0 unspecified atom stereocenters. The van der Waals surface area contributed by atoms with Gasteiger partial charge in [-0.2, -0.15) is 18.4 Å². The Morgan fingerprint density at radius 1 is 1.29 bits per heavy atom. The first-order valence-corrected chi connectivity index (χ1v) is 9.92. The molecule has 1 aliphatic rings. The lowest BCUT2D eigenvalue weighted by molar-refractivity contribution is -0.137. The molecule has 0 bridgehead atoms. The van der Waals surface area contributed by atoms with Gasteiger partial charge in [0.1, 0.15) is 23.3 Å². The number of aromatic nitrogens is 3. The van der Waals surface area contributed by atoms with Gasteiger partial charge in [0.2, 0.25) is 0 Å². The summed E-state index contributed by atoms with van der Waals surface area (Å²) in [6.45, 7) is 2.33. The van der Waals surface area contributed by atoms with Crippen LogP contribution in [0.4, 0.5) is 19.0 Å². The van der Waals surface area contributed by atoms with E-state index in [0.29, 0.717) is 25.3 Å². The zero-order valence-corrected chi connectivity index (χ0v) is 16.9. The summed E-state index contributed by atoms with van der Waals surface area (Å²) in [5, 5.41) is 9.58. The monoisotopic (exact) mass is 426 g/mol. The minimum Gasteiger partial charge on any atom is -0.345 e. The fourth-order valence-electron chi connectivity index (χ4n) is 4.17. The van der Waals surface area contributed by atoms with Crippen LogP contribution >= 0.6 is 0 Å². The summed E-state index contributed by atoms with van der Waals surface area (Å²) < 4.78 is 42.7. The Kier molecular flexibility index (Phi) is 5.41. The van der Waals surface area contributed by atoms with Crippen LogP contribution in [0.1, 0.15) is 47.1 Å². The molecular weight excluding hydrogens is 405 g/mol. The number of hydrogen-bond acceptors (Lipinski definition) is 5. The van der Waals surface area contributed by atoms with Crippen molar-refractivity contribution in [2.75, 3.05) is 11.4 Å². The lowest BCUT2D eigenvalue weighted by atomic mass is 10.1. The van der Waals surface area contributed by atoms with Crippen molar-refractivity contribution < 1.29 is 13.2 Å². The number of nitrogens with zero attached hydrogens (tertiary/aromatic N) is 5. The second-order valence-corrected chi connectivity index (χ2v) is 7.46. The van der Waals surface area contributed by atoms with Crippen LogP contribution in [0.15, 0.2) is 42.7 Å². The van der Waals surface area contributed by atoms with Crippen molar-refractivity contribution in [1.82, 2.24) is 14.5 Å². The van der Waals surface area contributed by atoms with Crippen molar-refractivity contribution in [3.8, 4) is 11.8 Å².